The molecule has 0 atom stereocenters. The minimum absolute atomic E-state index is 0.158. The molecule has 0 unspecified atom stereocenters. The van der Waals surface area contributed by atoms with E-state index in [0.29, 0.717) is 0 Å². The van der Waals surface area contributed by atoms with Gasteiger partial charge in [0, 0.05) is 6.54 Å². The molecule has 1 rings (SSSR count). The summed E-state index contributed by atoms with van der Waals surface area (Å²) in [7, 11) is 0. The van der Waals surface area contributed by atoms with Crippen molar-refractivity contribution in [3.05, 3.63) is 0 Å². The molecular weight excluding hydrogens is 154 g/mol. The average Bonchev–Trinajstić information content (AvgIpc) is 2.61. The second-order valence-corrected chi connectivity index (χ2v) is 4.80. The zero-order valence-electron chi connectivity index (χ0n) is 7.98. The molecule has 1 saturated carbocycles. The molecule has 0 aromatic rings. The van der Waals surface area contributed by atoms with Crippen LogP contribution in [0.2, 0.25) is 0 Å². The monoisotopic (exact) mass is 171 g/mol. The van der Waals surface area contributed by atoms with E-state index in [-0.39, 0.29) is 5.41 Å². The summed E-state index contributed by atoms with van der Waals surface area (Å²) < 4.78 is 0. The minimum Gasteiger partial charge on any atom is -0.480 e. The zero-order chi connectivity index (χ0) is 9.41. The van der Waals surface area contributed by atoms with Gasteiger partial charge in [-0.1, -0.05) is 20.8 Å². The van der Waals surface area contributed by atoms with Gasteiger partial charge < -0.3 is 10.4 Å². The molecule has 3 nitrogen and oxygen atoms in total. The molecule has 0 spiro atoms. The third-order valence-corrected chi connectivity index (χ3v) is 2.12. The van der Waals surface area contributed by atoms with Crippen molar-refractivity contribution in [1.29, 1.82) is 0 Å². The molecule has 0 radical (unpaired) electrons. The minimum atomic E-state index is -0.702. The number of nitrogens with one attached hydrogen (secondary N) is 1. The molecule has 0 heterocycles. The van der Waals surface area contributed by atoms with E-state index < -0.39 is 11.5 Å². The molecule has 0 aliphatic heterocycles. The van der Waals surface area contributed by atoms with Crippen LogP contribution in [0.5, 0.6) is 0 Å². The number of aliphatic carboxylic acids is 1. The Labute approximate surface area is 73.2 Å². The third kappa shape index (κ3) is 2.21. The quantitative estimate of drug-likeness (QED) is 0.671. The van der Waals surface area contributed by atoms with Crippen molar-refractivity contribution in [2.75, 3.05) is 6.54 Å². The van der Waals surface area contributed by atoms with Crippen LogP contribution in [0.1, 0.15) is 33.6 Å². The van der Waals surface area contributed by atoms with E-state index in [1.807, 2.05) is 0 Å². The lowest BCUT2D eigenvalue weighted by molar-refractivity contribution is -0.140. The van der Waals surface area contributed by atoms with E-state index in [2.05, 4.69) is 26.1 Å². The summed E-state index contributed by atoms with van der Waals surface area (Å²) in [5.74, 6) is -0.702. The molecule has 0 saturated heterocycles. The largest absolute Gasteiger partial charge is 0.480 e. The SMILES string of the molecule is CC(C)(C)CNC1(C(=O)O)CC1. The molecule has 0 aromatic carbocycles. The van der Waals surface area contributed by atoms with E-state index in [4.69, 9.17) is 5.11 Å². The van der Waals surface area contributed by atoms with Gasteiger partial charge in [-0.05, 0) is 18.3 Å². The molecule has 1 fully saturated rings. The van der Waals surface area contributed by atoms with Gasteiger partial charge in [-0.25, -0.2) is 0 Å². The number of rotatable bonds is 3. The maximum absolute atomic E-state index is 10.7. The molecule has 70 valence electrons. The number of carboxylic acids is 1. The Hall–Kier alpha value is -0.570. The smallest absolute Gasteiger partial charge is 0.323 e. The third-order valence-electron chi connectivity index (χ3n) is 2.12. The fourth-order valence-corrected chi connectivity index (χ4v) is 1.03. The standard InChI is InChI=1S/C9H17NO2/c1-8(2,3)6-10-9(4-5-9)7(11)12/h10H,4-6H2,1-3H3,(H,11,12). The van der Waals surface area contributed by atoms with Gasteiger partial charge >= 0.3 is 5.97 Å². The summed E-state index contributed by atoms with van der Waals surface area (Å²) in [5.41, 5.74) is -0.418. The van der Waals surface area contributed by atoms with Crippen LogP contribution in [-0.2, 0) is 4.79 Å². The molecule has 1 aliphatic carbocycles. The van der Waals surface area contributed by atoms with Crippen LogP contribution in [-0.4, -0.2) is 23.2 Å². The molecular formula is C9H17NO2. The lowest BCUT2D eigenvalue weighted by Crippen LogP contribution is -2.43. The Kier molecular flexibility index (Phi) is 2.17. The van der Waals surface area contributed by atoms with Gasteiger partial charge in [-0.15, -0.1) is 0 Å². The molecule has 0 bridgehead atoms. The number of hydrogen-bond donors (Lipinski definition) is 2. The van der Waals surface area contributed by atoms with Gasteiger partial charge in [0.2, 0.25) is 0 Å². The first-order valence-corrected chi connectivity index (χ1v) is 4.34. The number of carboxylic acid groups (broad SMARTS) is 1. The predicted molar refractivity (Wildman–Crippen MR) is 47.1 cm³/mol. The summed E-state index contributed by atoms with van der Waals surface area (Å²) in [6.45, 7) is 7.05. The van der Waals surface area contributed by atoms with Crippen molar-refractivity contribution in [3.8, 4) is 0 Å². The first-order chi connectivity index (χ1) is 5.36. The topological polar surface area (TPSA) is 49.3 Å². The fraction of sp³-hybridized carbons (Fsp3) is 0.889. The number of carbonyl (C=O) groups is 1. The zero-order valence-corrected chi connectivity index (χ0v) is 7.98. The molecule has 12 heavy (non-hydrogen) atoms. The molecule has 3 heteroatoms. The highest BCUT2D eigenvalue weighted by atomic mass is 16.4. The van der Waals surface area contributed by atoms with E-state index in [1.54, 1.807) is 0 Å². The van der Waals surface area contributed by atoms with Gasteiger partial charge in [0.1, 0.15) is 5.54 Å². The summed E-state index contributed by atoms with van der Waals surface area (Å²) in [6.07, 6.45) is 1.55. The molecule has 0 amide bonds. The van der Waals surface area contributed by atoms with Crippen LogP contribution in [0.4, 0.5) is 0 Å². The summed E-state index contributed by atoms with van der Waals surface area (Å²) in [5, 5.41) is 11.9. The van der Waals surface area contributed by atoms with Crippen LogP contribution >= 0.6 is 0 Å². The van der Waals surface area contributed by atoms with Crippen molar-refractivity contribution in [2.45, 2.75) is 39.2 Å². The Balaban J connectivity index is 2.37. The van der Waals surface area contributed by atoms with E-state index in [0.717, 1.165) is 19.4 Å². The highest BCUT2D eigenvalue weighted by Gasteiger charge is 2.50. The van der Waals surface area contributed by atoms with Crippen molar-refractivity contribution in [3.63, 3.8) is 0 Å². The fourth-order valence-electron chi connectivity index (χ4n) is 1.03. The average molecular weight is 171 g/mol. The summed E-state index contributed by atoms with van der Waals surface area (Å²) in [4.78, 5) is 10.7. The second-order valence-electron chi connectivity index (χ2n) is 4.80. The van der Waals surface area contributed by atoms with Crippen LogP contribution in [0, 0.1) is 5.41 Å². The Morgan fingerprint density at radius 1 is 1.50 bits per heavy atom. The van der Waals surface area contributed by atoms with E-state index >= 15 is 0 Å². The number of hydrogen-bond acceptors (Lipinski definition) is 2. The Bertz CT molecular complexity index is 189. The van der Waals surface area contributed by atoms with E-state index in [1.165, 1.54) is 0 Å². The molecule has 0 aromatic heterocycles. The van der Waals surface area contributed by atoms with Crippen LogP contribution in [0.25, 0.3) is 0 Å². The molecule has 1 aliphatic rings. The maximum Gasteiger partial charge on any atom is 0.323 e. The lowest BCUT2D eigenvalue weighted by Gasteiger charge is -2.22. The van der Waals surface area contributed by atoms with Crippen LogP contribution < -0.4 is 5.32 Å². The first kappa shape index (κ1) is 9.52. The van der Waals surface area contributed by atoms with Crippen molar-refractivity contribution >= 4 is 5.97 Å². The molecule has 2 N–H and O–H groups in total. The lowest BCUT2D eigenvalue weighted by atomic mass is 9.96. The normalized spacial score (nSPS) is 20.6. The van der Waals surface area contributed by atoms with Crippen molar-refractivity contribution in [1.82, 2.24) is 5.32 Å². The predicted octanol–water partition coefficient (Wildman–Crippen LogP) is 1.24. The van der Waals surface area contributed by atoms with Crippen LogP contribution in [0.15, 0.2) is 0 Å². The Morgan fingerprint density at radius 3 is 2.25 bits per heavy atom. The van der Waals surface area contributed by atoms with Gasteiger partial charge in [0.05, 0.1) is 0 Å². The van der Waals surface area contributed by atoms with E-state index in [9.17, 15) is 4.79 Å². The highest BCUT2D eigenvalue weighted by Crippen LogP contribution is 2.36. The summed E-state index contributed by atoms with van der Waals surface area (Å²) in [6, 6.07) is 0. The van der Waals surface area contributed by atoms with Gasteiger partial charge in [0.25, 0.3) is 0 Å². The summed E-state index contributed by atoms with van der Waals surface area (Å²) >= 11 is 0. The highest BCUT2D eigenvalue weighted by molar-refractivity contribution is 5.82. The van der Waals surface area contributed by atoms with Crippen LogP contribution in [0.3, 0.4) is 0 Å². The maximum atomic E-state index is 10.7. The van der Waals surface area contributed by atoms with Gasteiger partial charge in [-0.3, -0.25) is 4.79 Å². The Morgan fingerprint density at radius 2 is 2.00 bits per heavy atom. The van der Waals surface area contributed by atoms with Crippen molar-refractivity contribution < 1.29 is 9.90 Å². The van der Waals surface area contributed by atoms with Crippen molar-refractivity contribution in [2.24, 2.45) is 5.41 Å². The first-order valence-electron chi connectivity index (χ1n) is 4.34. The van der Waals surface area contributed by atoms with Gasteiger partial charge in [-0.2, -0.15) is 0 Å². The second kappa shape index (κ2) is 2.73. The van der Waals surface area contributed by atoms with Gasteiger partial charge in [0.15, 0.2) is 0 Å².